The van der Waals surface area contributed by atoms with Gasteiger partial charge in [-0.05, 0) is 85.8 Å². The number of benzene rings is 3. The molecule has 0 aliphatic rings. The fraction of sp³-hybridized carbons (Fsp3) is 0.0833. The fourth-order valence-electron chi connectivity index (χ4n) is 2.90. The topological polar surface area (TPSA) is 105 Å². The highest BCUT2D eigenvalue weighted by Crippen LogP contribution is 2.36. The van der Waals surface area contributed by atoms with Gasteiger partial charge in [0.1, 0.15) is 24.0 Å². The number of nitriles is 1. The summed E-state index contributed by atoms with van der Waals surface area (Å²) < 4.78 is 7.13. The molecule has 0 aliphatic heterocycles. The zero-order chi connectivity index (χ0) is 24.8. The van der Waals surface area contributed by atoms with Crippen molar-refractivity contribution >= 4 is 66.8 Å². The first-order chi connectivity index (χ1) is 16.2. The van der Waals surface area contributed by atoms with Gasteiger partial charge < -0.3 is 10.1 Å². The number of carbonyl (C=O) groups excluding carboxylic acids is 1. The first-order valence-corrected chi connectivity index (χ1v) is 11.7. The Morgan fingerprint density at radius 2 is 1.82 bits per heavy atom. The molecule has 1 N–H and O–H groups in total. The number of non-ortho nitro benzene ring substituents is 1. The van der Waals surface area contributed by atoms with E-state index in [1.165, 1.54) is 24.3 Å². The van der Waals surface area contributed by atoms with Crippen molar-refractivity contribution in [2.24, 2.45) is 0 Å². The molecule has 3 aromatic rings. The molecule has 0 bridgehead atoms. The zero-order valence-corrected chi connectivity index (χ0v) is 21.6. The SMILES string of the molecule is Cc1ccc([N+](=O)[O-])cc1NC(=O)/C(C#N)=C/c1cc(Br)c(OCc2ccc(Cl)cc2)c(Br)c1. The summed E-state index contributed by atoms with van der Waals surface area (Å²) in [5, 5.41) is 23.8. The number of hydrogen-bond donors (Lipinski definition) is 1. The lowest BCUT2D eigenvalue weighted by Crippen LogP contribution is -2.14. The second kappa shape index (κ2) is 11.3. The smallest absolute Gasteiger partial charge is 0.271 e. The molecule has 3 rings (SSSR count). The van der Waals surface area contributed by atoms with Crippen LogP contribution in [0.2, 0.25) is 5.02 Å². The largest absolute Gasteiger partial charge is 0.487 e. The lowest BCUT2D eigenvalue weighted by Gasteiger charge is -2.12. The van der Waals surface area contributed by atoms with Crippen LogP contribution < -0.4 is 10.1 Å². The van der Waals surface area contributed by atoms with Gasteiger partial charge in [-0.1, -0.05) is 29.8 Å². The molecule has 0 saturated heterocycles. The average molecular weight is 606 g/mol. The van der Waals surface area contributed by atoms with Crippen molar-refractivity contribution in [3.63, 3.8) is 0 Å². The summed E-state index contributed by atoms with van der Waals surface area (Å²) in [4.78, 5) is 23.1. The molecule has 3 aromatic carbocycles. The summed E-state index contributed by atoms with van der Waals surface area (Å²) >= 11 is 12.8. The standard InChI is InChI=1S/C24H16Br2ClN3O4/c1-14-2-7-19(30(32)33)11-22(14)29-24(31)17(12-28)8-16-9-20(25)23(21(26)10-16)34-13-15-3-5-18(27)6-4-15/h2-11H,13H2,1H3,(H,29,31)/b17-8+. The number of hydrogen-bond acceptors (Lipinski definition) is 5. The van der Waals surface area contributed by atoms with E-state index in [0.29, 0.717) is 37.5 Å². The predicted octanol–water partition coefficient (Wildman–Crippen LogP) is 7.21. The maximum atomic E-state index is 12.7. The number of nitrogens with one attached hydrogen (secondary N) is 1. The molecular weight excluding hydrogens is 590 g/mol. The summed E-state index contributed by atoms with van der Waals surface area (Å²) in [6.07, 6.45) is 1.42. The van der Waals surface area contributed by atoms with Crippen LogP contribution in [0.1, 0.15) is 16.7 Å². The molecule has 172 valence electrons. The Kier molecular flexibility index (Phi) is 8.45. The van der Waals surface area contributed by atoms with Crippen molar-refractivity contribution in [1.29, 1.82) is 5.26 Å². The first kappa shape index (κ1) is 25.4. The number of anilines is 1. The second-order valence-corrected chi connectivity index (χ2v) is 9.25. The van der Waals surface area contributed by atoms with Gasteiger partial charge in [-0.3, -0.25) is 14.9 Å². The highest BCUT2D eigenvalue weighted by molar-refractivity contribution is 9.11. The number of aryl methyl sites for hydroxylation is 1. The molecule has 1 amide bonds. The molecule has 0 unspecified atom stereocenters. The Morgan fingerprint density at radius 1 is 1.18 bits per heavy atom. The lowest BCUT2D eigenvalue weighted by atomic mass is 10.1. The normalized spacial score (nSPS) is 11.0. The summed E-state index contributed by atoms with van der Waals surface area (Å²) in [5.41, 5.74) is 2.06. The average Bonchev–Trinajstić information content (AvgIpc) is 2.79. The van der Waals surface area contributed by atoms with Gasteiger partial charge in [-0.25, -0.2) is 0 Å². The van der Waals surface area contributed by atoms with E-state index < -0.39 is 10.8 Å². The van der Waals surface area contributed by atoms with Crippen LogP contribution in [0.5, 0.6) is 5.75 Å². The van der Waals surface area contributed by atoms with Gasteiger partial charge >= 0.3 is 0 Å². The molecule has 0 saturated carbocycles. The number of amides is 1. The van der Waals surface area contributed by atoms with E-state index in [-0.39, 0.29) is 16.9 Å². The van der Waals surface area contributed by atoms with Crippen LogP contribution in [0.25, 0.3) is 6.08 Å². The van der Waals surface area contributed by atoms with E-state index in [1.807, 2.05) is 18.2 Å². The number of rotatable bonds is 7. The van der Waals surface area contributed by atoms with Gasteiger partial charge in [0.15, 0.2) is 0 Å². The lowest BCUT2D eigenvalue weighted by molar-refractivity contribution is -0.384. The monoisotopic (exact) mass is 603 g/mol. The number of ether oxygens (including phenoxy) is 1. The van der Waals surface area contributed by atoms with Crippen molar-refractivity contribution in [2.75, 3.05) is 5.32 Å². The van der Waals surface area contributed by atoms with Gasteiger partial charge in [0, 0.05) is 17.2 Å². The van der Waals surface area contributed by atoms with E-state index in [4.69, 9.17) is 16.3 Å². The van der Waals surface area contributed by atoms with Crippen LogP contribution in [0.4, 0.5) is 11.4 Å². The first-order valence-electron chi connectivity index (χ1n) is 9.72. The van der Waals surface area contributed by atoms with E-state index in [1.54, 1.807) is 31.2 Å². The van der Waals surface area contributed by atoms with Crippen LogP contribution in [0.3, 0.4) is 0 Å². The van der Waals surface area contributed by atoms with Crippen LogP contribution in [-0.4, -0.2) is 10.8 Å². The van der Waals surface area contributed by atoms with Gasteiger partial charge in [0.2, 0.25) is 0 Å². The summed E-state index contributed by atoms with van der Waals surface area (Å²) in [6.45, 7) is 2.02. The molecule has 0 atom stereocenters. The third-order valence-corrected chi connectivity index (χ3v) is 6.10. The maximum absolute atomic E-state index is 12.7. The third-order valence-electron chi connectivity index (χ3n) is 4.67. The van der Waals surface area contributed by atoms with Crippen molar-refractivity contribution in [1.82, 2.24) is 0 Å². The fourth-order valence-corrected chi connectivity index (χ4v) is 4.48. The molecule has 0 heterocycles. The Hall–Kier alpha value is -3.19. The van der Waals surface area contributed by atoms with E-state index in [2.05, 4.69) is 37.2 Å². The molecule has 10 heteroatoms. The summed E-state index contributed by atoms with van der Waals surface area (Å²) in [5.74, 6) is -0.122. The minimum Gasteiger partial charge on any atom is -0.487 e. The van der Waals surface area contributed by atoms with Gasteiger partial charge in [0.25, 0.3) is 11.6 Å². The number of nitro benzene ring substituents is 1. The summed E-state index contributed by atoms with van der Waals surface area (Å²) in [6, 6.07) is 16.7. The van der Waals surface area contributed by atoms with Gasteiger partial charge in [-0.15, -0.1) is 0 Å². The molecule has 34 heavy (non-hydrogen) atoms. The Morgan fingerprint density at radius 3 is 2.41 bits per heavy atom. The molecule has 0 radical (unpaired) electrons. The minimum atomic E-state index is -0.679. The van der Waals surface area contributed by atoms with E-state index in [9.17, 15) is 20.2 Å². The Balaban J connectivity index is 1.79. The molecule has 7 nitrogen and oxygen atoms in total. The number of halogens is 3. The van der Waals surface area contributed by atoms with E-state index in [0.717, 1.165) is 5.56 Å². The second-order valence-electron chi connectivity index (χ2n) is 7.11. The van der Waals surface area contributed by atoms with Crippen LogP contribution >= 0.6 is 43.5 Å². The number of carbonyl (C=O) groups is 1. The Bertz CT molecular complexity index is 1310. The number of nitrogens with zero attached hydrogens (tertiary/aromatic N) is 2. The minimum absolute atomic E-state index is 0.162. The maximum Gasteiger partial charge on any atom is 0.271 e. The molecular formula is C24H16Br2ClN3O4. The van der Waals surface area contributed by atoms with Gasteiger partial charge in [0.05, 0.1) is 19.6 Å². The molecule has 0 fully saturated rings. The number of nitro groups is 1. The van der Waals surface area contributed by atoms with Gasteiger partial charge in [-0.2, -0.15) is 5.26 Å². The zero-order valence-electron chi connectivity index (χ0n) is 17.6. The molecule has 0 aliphatic carbocycles. The highest BCUT2D eigenvalue weighted by Gasteiger charge is 2.15. The van der Waals surface area contributed by atoms with Crippen LogP contribution in [0.15, 0.2) is 69.1 Å². The van der Waals surface area contributed by atoms with Crippen molar-refractivity contribution in [3.8, 4) is 11.8 Å². The van der Waals surface area contributed by atoms with E-state index >= 15 is 0 Å². The highest BCUT2D eigenvalue weighted by atomic mass is 79.9. The van der Waals surface area contributed by atoms with Crippen molar-refractivity contribution in [3.05, 3.63) is 101 Å². The Labute approximate surface area is 217 Å². The van der Waals surface area contributed by atoms with Crippen LogP contribution in [0, 0.1) is 28.4 Å². The summed E-state index contributed by atoms with van der Waals surface area (Å²) in [7, 11) is 0. The van der Waals surface area contributed by atoms with Crippen molar-refractivity contribution in [2.45, 2.75) is 13.5 Å². The molecule has 0 spiro atoms. The third kappa shape index (κ3) is 6.44. The van der Waals surface area contributed by atoms with Crippen LogP contribution in [-0.2, 0) is 11.4 Å². The predicted molar refractivity (Wildman–Crippen MR) is 138 cm³/mol. The van der Waals surface area contributed by atoms with Crippen molar-refractivity contribution < 1.29 is 14.5 Å². The molecule has 0 aromatic heterocycles. The quantitative estimate of drug-likeness (QED) is 0.133.